The Morgan fingerprint density at radius 2 is 1.86 bits per heavy atom. The van der Waals surface area contributed by atoms with Crippen LogP contribution in [0.1, 0.15) is 43.0 Å². The zero-order valence-electron chi connectivity index (χ0n) is 12.0. The van der Waals surface area contributed by atoms with Crippen molar-refractivity contribution in [1.29, 1.82) is 0 Å². The minimum absolute atomic E-state index is 0.217. The van der Waals surface area contributed by atoms with Crippen LogP contribution in [0.4, 0.5) is 0 Å². The third-order valence-electron chi connectivity index (χ3n) is 4.06. The van der Waals surface area contributed by atoms with Gasteiger partial charge in [-0.3, -0.25) is 9.48 Å². The van der Waals surface area contributed by atoms with Crippen molar-refractivity contribution >= 4 is 21.7 Å². The molecular weight excluding hydrogens is 328 g/mol. The fraction of sp³-hybridized carbons (Fsp3) is 0.412. The fourth-order valence-electron chi connectivity index (χ4n) is 2.94. The van der Waals surface area contributed by atoms with Crippen LogP contribution in [0.2, 0.25) is 0 Å². The molecule has 0 radical (unpaired) electrons. The first-order valence-corrected chi connectivity index (χ1v) is 8.30. The van der Waals surface area contributed by atoms with E-state index in [1.807, 2.05) is 36.5 Å². The molecule has 0 bridgehead atoms. The normalized spacial score (nSPS) is 15.5. The Balaban J connectivity index is 1.58. The van der Waals surface area contributed by atoms with Gasteiger partial charge in [0, 0.05) is 17.1 Å². The molecule has 110 valence electrons. The van der Waals surface area contributed by atoms with Crippen molar-refractivity contribution in [1.82, 2.24) is 9.78 Å². The lowest BCUT2D eigenvalue weighted by molar-refractivity contribution is -0.117. The molecule has 0 unspecified atom stereocenters. The Kier molecular flexibility index (Phi) is 4.54. The molecule has 3 nitrogen and oxygen atoms in total. The third kappa shape index (κ3) is 3.82. The van der Waals surface area contributed by atoms with E-state index in [0.29, 0.717) is 18.9 Å². The molecule has 21 heavy (non-hydrogen) atoms. The molecule has 1 aliphatic rings. The van der Waals surface area contributed by atoms with Crippen LogP contribution < -0.4 is 0 Å². The highest BCUT2D eigenvalue weighted by atomic mass is 79.9. The van der Waals surface area contributed by atoms with Crippen molar-refractivity contribution in [2.45, 2.75) is 44.6 Å². The Labute approximate surface area is 133 Å². The highest BCUT2D eigenvalue weighted by molar-refractivity contribution is 9.10. The molecule has 1 heterocycles. The fourth-order valence-corrected chi connectivity index (χ4v) is 3.20. The predicted octanol–water partition coefficient (Wildman–Crippen LogP) is 4.12. The molecule has 0 spiro atoms. The van der Waals surface area contributed by atoms with Gasteiger partial charge in [-0.15, -0.1) is 0 Å². The number of benzene rings is 1. The van der Waals surface area contributed by atoms with Gasteiger partial charge in [-0.2, -0.15) is 5.10 Å². The molecule has 0 saturated heterocycles. The van der Waals surface area contributed by atoms with E-state index in [0.717, 1.165) is 15.7 Å². The molecule has 1 fully saturated rings. The number of ketones is 1. The van der Waals surface area contributed by atoms with Crippen molar-refractivity contribution in [3.05, 3.63) is 52.3 Å². The van der Waals surface area contributed by atoms with Crippen LogP contribution in [-0.2, 0) is 17.6 Å². The first-order chi connectivity index (χ1) is 10.2. The first-order valence-electron chi connectivity index (χ1n) is 7.51. The number of Topliss-reactive ketones (excluding diaryl/α,β-unsaturated/α-hetero) is 1. The molecule has 0 aliphatic heterocycles. The van der Waals surface area contributed by atoms with Crippen LogP contribution >= 0.6 is 15.9 Å². The van der Waals surface area contributed by atoms with Crippen LogP contribution in [-0.4, -0.2) is 15.6 Å². The van der Waals surface area contributed by atoms with Gasteiger partial charge in [0.25, 0.3) is 0 Å². The van der Waals surface area contributed by atoms with Gasteiger partial charge in [-0.1, -0.05) is 40.9 Å². The monoisotopic (exact) mass is 346 g/mol. The molecule has 0 atom stereocenters. The third-order valence-corrected chi connectivity index (χ3v) is 4.58. The Morgan fingerprint density at radius 3 is 2.57 bits per heavy atom. The second-order valence-corrected chi connectivity index (χ2v) is 6.66. The molecular formula is C17H19BrN2O. The maximum absolute atomic E-state index is 12.1. The number of hydrogen-bond acceptors (Lipinski definition) is 2. The highest BCUT2D eigenvalue weighted by Crippen LogP contribution is 2.28. The van der Waals surface area contributed by atoms with Gasteiger partial charge in [0.05, 0.1) is 18.2 Å². The summed E-state index contributed by atoms with van der Waals surface area (Å²) in [6, 6.07) is 10.4. The molecule has 4 heteroatoms. The smallest absolute Gasteiger partial charge is 0.143 e. The number of carbonyl (C=O) groups excluding carboxylic acids is 1. The van der Waals surface area contributed by atoms with Crippen LogP contribution in [0.3, 0.4) is 0 Å². The van der Waals surface area contributed by atoms with E-state index >= 15 is 0 Å². The van der Waals surface area contributed by atoms with Crippen LogP contribution in [0.25, 0.3) is 0 Å². The summed E-state index contributed by atoms with van der Waals surface area (Å²) < 4.78 is 3.09. The van der Waals surface area contributed by atoms with Gasteiger partial charge in [-0.05, 0) is 36.6 Å². The van der Waals surface area contributed by atoms with E-state index < -0.39 is 0 Å². The zero-order chi connectivity index (χ0) is 14.7. The maximum Gasteiger partial charge on any atom is 0.143 e. The van der Waals surface area contributed by atoms with Crippen molar-refractivity contribution in [2.75, 3.05) is 0 Å². The quantitative estimate of drug-likeness (QED) is 0.816. The summed E-state index contributed by atoms with van der Waals surface area (Å²) in [6.07, 6.45) is 7.95. The number of aromatic nitrogens is 2. The second kappa shape index (κ2) is 6.56. The van der Waals surface area contributed by atoms with E-state index in [2.05, 4.69) is 25.7 Å². The number of carbonyl (C=O) groups is 1. The molecule has 1 aromatic heterocycles. The van der Waals surface area contributed by atoms with Crippen LogP contribution in [0, 0.1) is 0 Å². The van der Waals surface area contributed by atoms with Crippen molar-refractivity contribution in [3.63, 3.8) is 0 Å². The molecule has 1 aliphatic carbocycles. The Morgan fingerprint density at radius 1 is 1.14 bits per heavy atom. The van der Waals surface area contributed by atoms with E-state index in [9.17, 15) is 4.79 Å². The van der Waals surface area contributed by atoms with Gasteiger partial charge in [0.2, 0.25) is 0 Å². The number of nitrogens with zero attached hydrogens (tertiary/aromatic N) is 2. The van der Waals surface area contributed by atoms with Crippen LogP contribution in [0.15, 0.2) is 41.0 Å². The molecule has 1 saturated carbocycles. The van der Waals surface area contributed by atoms with Gasteiger partial charge in [0.1, 0.15) is 5.78 Å². The van der Waals surface area contributed by atoms with E-state index in [1.165, 1.54) is 25.7 Å². The second-order valence-electron chi connectivity index (χ2n) is 5.74. The molecule has 0 N–H and O–H groups in total. The summed E-state index contributed by atoms with van der Waals surface area (Å²) in [7, 11) is 0. The summed E-state index contributed by atoms with van der Waals surface area (Å²) in [6.45, 7) is 0. The zero-order valence-corrected chi connectivity index (χ0v) is 13.6. The first kappa shape index (κ1) is 14.5. The maximum atomic E-state index is 12.1. The Hall–Kier alpha value is -1.42. The molecule has 3 rings (SSSR count). The van der Waals surface area contributed by atoms with Gasteiger partial charge in [0.15, 0.2) is 0 Å². The van der Waals surface area contributed by atoms with Crippen molar-refractivity contribution < 1.29 is 4.79 Å². The lowest BCUT2D eigenvalue weighted by atomic mass is 10.1. The topological polar surface area (TPSA) is 34.9 Å². The standard InChI is InChI=1S/C17H19BrN2O/c18-14-7-5-13(6-8-14)11-17(21)12-15-9-10-20(19-15)16-3-1-2-4-16/h5-10,16H,1-4,11-12H2. The van der Waals surface area contributed by atoms with Crippen LogP contribution in [0.5, 0.6) is 0 Å². The molecule has 1 aromatic carbocycles. The SMILES string of the molecule is O=C(Cc1ccc(Br)cc1)Cc1ccn(C2CCCC2)n1. The van der Waals surface area contributed by atoms with E-state index in [-0.39, 0.29) is 5.78 Å². The average molecular weight is 347 g/mol. The summed E-state index contributed by atoms with van der Waals surface area (Å²) in [5.74, 6) is 0.217. The number of halogens is 1. The average Bonchev–Trinajstić information content (AvgIpc) is 3.12. The highest BCUT2D eigenvalue weighted by Gasteiger charge is 2.18. The molecule has 0 amide bonds. The van der Waals surface area contributed by atoms with Gasteiger partial charge >= 0.3 is 0 Å². The van der Waals surface area contributed by atoms with E-state index in [1.54, 1.807) is 0 Å². The minimum atomic E-state index is 0.217. The van der Waals surface area contributed by atoms with Gasteiger partial charge < -0.3 is 0 Å². The number of hydrogen-bond donors (Lipinski definition) is 0. The predicted molar refractivity (Wildman–Crippen MR) is 86.3 cm³/mol. The lowest BCUT2D eigenvalue weighted by Crippen LogP contribution is -2.09. The Bertz CT molecular complexity index is 612. The summed E-state index contributed by atoms with van der Waals surface area (Å²) in [4.78, 5) is 12.1. The van der Waals surface area contributed by atoms with Crippen molar-refractivity contribution in [3.8, 4) is 0 Å². The minimum Gasteiger partial charge on any atom is -0.299 e. The largest absolute Gasteiger partial charge is 0.299 e. The van der Waals surface area contributed by atoms with E-state index in [4.69, 9.17) is 0 Å². The summed E-state index contributed by atoms with van der Waals surface area (Å²) in [5, 5.41) is 4.58. The van der Waals surface area contributed by atoms with Crippen molar-refractivity contribution in [2.24, 2.45) is 0 Å². The summed E-state index contributed by atoms with van der Waals surface area (Å²) in [5.41, 5.74) is 1.95. The lowest BCUT2D eigenvalue weighted by Gasteiger charge is -2.08. The summed E-state index contributed by atoms with van der Waals surface area (Å²) >= 11 is 3.40. The number of rotatable bonds is 5. The molecule has 2 aromatic rings. The van der Waals surface area contributed by atoms with Gasteiger partial charge in [-0.25, -0.2) is 0 Å².